The van der Waals surface area contributed by atoms with Gasteiger partial charge in [0.15, 0.2) is 0 Å². The third kappa shape index (κ3) is 2.99. The molecule has 9 N–H and O–H groups in total. The number of hydrogen-bond acceptors (Lipinski definition) is 11. The van der Waals surface area contributed by atoms with E-state index in [1.54, 1.807) is 0 Å². The standard InChI is InChI=1S/C12H22O11/c13-1-3-5(15)7(17)9(19)11(22-3)12(21)10(20)8(18)6(16)4(2-14)23-12/h3-11,13-21H,1-2H2/t3-,4-,5-,6-,7-,8-,9-,10-,11+,12-/m1/s1. The van der Waals surface area contributed by atoms with E-state index in [1.165, 1.54) is 0 Å². The van der Waals surface area contributed by atoms with Crippen LogP contribution in [0.3, 0.4) is 0 Å². The van der Waals surface area contributed by atoms with Gasteiger partial charge in [-0.1, -0.05) is 0 Å². The number of rotatable bonds is 3. The van der Waals surface area contributed by atoms with E-state index in [0.717, 1.165) is 0 Å². The zero-order valence-electron chi connectivity index (χ0n) is 12.0. The normalized spacial score (nSPS) is 54.9. The van der Waals surface area contributed by atoms with Gasteiger partial charge in [0.2, 0.25) is 5.79 Å². The van der Waals surface area contributed by atoms with E-state index in [0.29, 0.717) is 0 Å². The molecule has 2 aliphatic heterocycles. The first-order valence-corrected chi connectivity index (χ1v) is 7.04. The first kappa shape index (κ1) is 18.9. The summed E-state index contributed by atoms with van der Waals surface area (Å²) in [5.74, 6) is -2.82. The summed E-state index contributed by atoms with van der Waals surface area (Å²) in [6.45, 7) is -1.60. The molecule has 11 heteroatoms. The molecule has 0 spiro atoms. The Morgan fingerprint density at radius 1 is 0.696 bits per heavy atom. The van der Waals surface area contributed by atoms with E-state index in [2.05, 4.69) is 0 Å². The number of aliphatic hydroxyl groups is 9. The first-order chi connectivity index (χ1) is 10.7. The zero-order chi connectivity index (χ0) is 17.5. The topological polar surface area (TPSA) is 201 Å². The van der Waals surface area contributed by atoms with Crippen LogP contribution in [0.25, 0.3) is 0 Å². The van der Waals surface area contributed by atoms with Gasteiger partial charge in [-0.05, 0) is 0 Å². The predicted octanol–water partition coefficient (Wildman–Crippen LogP) is -6.01. The van der Waals surface area contributed by atoms with E-state index in [4.69, 9.17) is 19.7 Å². The second-order valence-corrected chi connectivity index (χ2v) is 5.77. The molecule has 2 saturated heterocycles. The molecule has 2 aliphatic rings. The van der Waals surface area contributed by atoms with Crippen molar-refractivity contribution >= 4 is 0 Å². The molecule has 0 saturated carbocycles. The molecule has 2 fully saturated rings. The van der Waals surface area contributed by atoms with Gasteiger partial charge >= 0.3 is 0 Å². The van der Waals surface area contributed by atoms with Crippen molar-refractivity contribution in [3.05, 3.63) is 0 Å². The molecule has 0 amide bonds. The van der Waals surface area contributed by atoms with Gasteiger partial charge in [0.05, 0.1) is 13.2 Å². The lowest BCUT2D eigenvalue weighted by Crippen LogP contribution is -2.75. The van der Waals surface area contributed by atoms with E-state index in [9.17, 15) is 35.7 Å². The van der Waals surface area contributed by atoms with Crippen LogP contribution in [0.15, 0.2) is 0 Å². The highest BCUT2D eigenvalue weighted by molar-refractivity contribution is 5.05. The average molecular weight is 342 g/mol. The molecule has 11 nitrogen and oxygen atoms in total. The molecule has 2 rings (SSSR count). The summed E-state index contributed by atoms with van der Waals surface area (Å²) in [7, 11) is 0. The second kappa shape index (κ2) is 6.82. The number of aliphatic hydroxyl groups excluding tert-OH is 8. The lowest BCUT2D eigenvalue weighted by molar-refractivity contribution is -0.406. The van der Waals surface area contributed by atoms with Crippen LogP contribution in [0, 0.1) is 0 Å². The molecule has 0 radical (unpaired) electrons. The van der Waals surface area contributed by atoms with Gasteiger partial charge in [-0.3, -0.25) is 0 Å². The van der Waals surface area contributed by atoms with Crippen LogP contribution in [0.1, 0.15) is 0 Å². The highest BCUT2D eigenvalue weighted by Gasteiger charge is 2.62. The molecule has 23 heavy (non-hydrogen) atoms. The maximum absolute atomic E-state index is 10.5. The minimum Gasteiger partial charge on any atom is -0.394 e. The fourth-order valence-electron chi connectivity index (χ4n) is 2.86. The van der Waals surface area contributed by atoms with E-state index in [1.807, 2.05) is 0 Å². The Morgan fingerprint density at radius 2 is 1.22 bits per heavy atom. The van der Waals surface area contributed by atoms with Crippen molar-refractivity contribution in [2.75, 3.05) is 13.2 Å². The Hall–Kier alpha value is -0.440. The third-order valence-corrected chi connectivity index (χ3v) is 4.30. The minimum atomic E-state index is -2.82. The lowest BCUT2D eigenvalue weighted by Gasteiger charge is -2.52. The summed E-state index contributed by atoms with van der Waals surface area (Å²) in [6, 6.07) is 0. The number of hydrogen-bond donors (Lipinski definition) is 9. The van der Waals surface area contributed by atoms with Gasteiger partial charge < -0.3 is 55.4 Å². The second-order valence-electron chi connectivity index (χ2n) is 5.77. The van der Waals surface area contributed by atoms with Crippen LogP contribution < -0.4 is 0 Å². The van der Waals surface area contributed by atoms with Crippen molar-refractivity contribution in [3.63, 3.8) is 0 Å². The van der Waals surface area contributed by atoms with Crippen LogP contribution >= 0.6 is 0 Å². The Kier molecular flexibility index (Phi) is 5.60. The summed E-state index contributed by atoms with van der Waals surface area (Å²) in [5, 5.41) is 87.7. The quantitative estimate of drug-likeness (QED) is 0.236. The smallest absolute Gasteiger partial charge is 0.225 e. The Balaban J connectivity index is 2.33. The van der Waals surface area contributed by atoms with Crippen molar-refractivity contribution in [2.24, 2.45) is 0 Å². The maximum atomic E-state index is 10.5. The van der Waals surface area contributed by atoms with Gasteiger partial charge in [-0.2, -0.15) is 0 Å². The number of ether oxygens (including phenoxy) is 2. The largest absolute Gasteiger partial charge is 0.394 e. The summed E-state index contributed by atoms with van der Waals surface area (Å²) < 4.78 is 10.1. The maximum Gasteiger partial charge on any atom is 0.225 e. The molecule has 0 aromatic heterocycles. The summed E-state index contributed by atoms with van der Waals surface area (Å²) in [4.78, 5) is 0. The molecule has 2 heterocycles. The van der Waals surface area contributed by atoms with Crippen LogP contribution in [-0.2, 0) is 9.47 Å². The summed E-state index contributed by atoms with van der Waals surface area (Å²) in [5.41, 5.74) is 0. The molecule has 0 bridgehead atoms. The van der Waals surface area contributed by atoms with E-state index in [-0.39, 0.29) is 0 Å². The van der Waals surface area contributed by atoms with Crippen molar-refractivity contribution in [1.82, 2.24) is 0 Å². The average Bonchev–Trinajstić information content (AvgIpc) is 2.54. The Morgan fingerprint density at radius 3 is 1.74 bits per heavy atom. The molecule has 136 valence electrons. The minimum absolute atomic E-state index is 0.776. The summed E-state index contributed by atoms with van der Waals surface area (Å²) in [6.07, 6.45) is -16.1. The van der Waals surface area contributed by atoms with Crippen LogP contribution in [0.2, 0.25) is 0 Å². The fourth-order valence-corrected chi connectivity index (χ4v) is 2.86. The van der Waals surface area contributed by atoms with E-state index < -0.39 is 73.9 Å². The van der Waals surface area contributed by atoms with Crippen LogP contribution in [0.4, 0.5) is 0 Å². The van der Waals surface area contributed by atoms with Gasteiger partial charge in [0, 0.05) is 0 Å². The molecule has 0 aromatic rings. The lowest BCUT2D eigenvalue weighted by atomic mass is 9.83. The predicted molar refractivity (Wildman–Crippen MR) is 68.7 cm³/mol. The third-order valence-electron chi connectivity index (χ3n) is 4.30. The highest BCUT2D eigenvalue weighted by Crippen LogP contribution is 2.37. The van der Waals surface area contributed by atoms with Crippen molar-refractivity contribution in [3.8, 4) is 0 Å². The molecule has 0 unspecified atom stereocenters. The van der Waals surface area contributed by atoms with E-state index >= 15 is 0 Å². The molecular formula is C12H22O11. The monoisotopic (exact) mass is 342 g/mol. The van der Waals surface area contributed by atoms with Crippen LogP contribution in [0.5, 0.6) is 0 Å². The zero-order valence-corrected chi connectivity index (χ0v) is 12.0. The van der Waals surface area contributed by atoms with Crippen molar-refractivity contribution in [2.45, 2.75) is 60.7 Å². The Bertz CT molecular complexity index is 404. The molecular weight excluding hydrogens is 320 g/mol. The van der Waals surface area contributed by atoms with Gasteiger partial charge in [0.25, 0.3) is 0 Å². The molecule has 0 aliphatic carbocycles. The van der Waals surface area contributed by atoms with Crippen molar-refractivity contribution < 1.29 is 55.4 Å². The van der Waals surface area contributed by atoms with Crippen LogP contribution in [-0.4, -0.2) is 120 Å². The fraction of sp³-hybridized carbons (Fsp3) is 1.00. The summed E-state index contributed by atoms with van der Waals surface area (Å²) >= 11 is 0. The van der Waals surface area contributed by atoms with Gasteiger partial charge in [0.1, 0.15) is 54.9 Å². The van der Waals surface area contributed by atoms with Crippen molar-refractivity contribution in [1.29, 1.82) is 0 Å². The highest BCUT2D eigenvalue weighted by atomic mass is 16.7. The van der Waals surface area contributed by atoms with Gasteiger partial charge in [-0.15, -0.1) is 0 Å². The molecule has 10 atom stereocenters. The Labute approximate surface area is 130 Å². The van der Waals surface area contributed by atoms with Gasteiger partial charge in [-0.25, -0.2) is 0 Å². The molecule has 0 aromatic carbocycles. The SMILES string of the molecule is OC[C@H]1O[C@H]([C@]2(O)O[C@H](CO)[C@@H](O)[C@@H](O)[C@H]2O)[C@H](O)[C@H](O)[C@@H]1O. The first-order valence-electron chi connectivity index (χ1n) is 7.04.